The molecule has 0 saturated carbocycles. The smallest absolute Gasteiger partial charge is 0.338 e. The molecule has 1 heterocycles. The molecule has 0 aliphatic carbocycles. The van der Waals surface area contributed by atoms with E-state index in [0.717, 1.165) is 16.8 Å². The van der Waals surface area contributed by atoms with Gasteiger partial charge in [0.1, 0.15) is 0 Å². The average molecular weight is 438 g/mol. The topological polar surface area (TPSA) is 102 Å². The van der Waals surface area contributed by atoms with Crippen LogP contribution in [-0.2, 0) is 23.9 Å². The van der Waals surface area contributed by atoms with Gasteiger partial charge >= 0.3 is 11.9 Å². The molecule has 0 aromatic heterocycles. The highest BCUT2D eigenvalue weighted by molar-refractivity contribution is 6.01. The summed E-state index contributed by atoms with van der Waals surface area (Å²) >= 11 is 0. The van der Waals surface area contributed by atoms with Crippen LogP contribution >= 0.6 is 0 Å². The van der Waals surface area contributed by atoms with Gasteiger partial charge in [0, 0.05) is 24.3 Å². The number of carbonyl (C=O) groups is 4. The van der Waals surface area contributed by atoms with Crippen molar-refractivity contribution in [3.05, 3.63) is 59.2 Å². The Bertz CT molecular complexity index is 1010. The summed E-state index contributed by atoms with van der Waals surface area (Å²) in [6, 6.07) is 11.9. The molecule has 3 rings (SSSR count). The van der Waals surface area contributed by atoms with Crippen molar-refractivity contribution < 1.29 is 28.7 Å². The molecule has 1 N–H and O–H groups in total. The van der Waals surface area contributed by atoms with Gasteiger partial charge in [-0.25, -0.2) is 4.79 Å². The maximum atomic E-state index is 12.5. The molecule has 8 heteroatoms. The van der Waals surface area contributed by atoms with E-state index >= 15 is 0 Å². The Morgan fingerprint density at radius 2 is 1.69 bits per heavy atom. The quantitative estimate of drug-likeness (QED) is 0.667. The van der Waals surface area contributed by atoms with E-state index in [2.05, 4.69) is 5.32 Å². The molecule has 0 radical (unpaired) electrons. The van der Waals surface area contributed by atoms with E-state index in [1.165, 1.54) is 12.1 Å². The van der Waals surface area contributed by atoms with Crippen LogP contribution in [0.3, 0.4) is 0 Å². The molecule has 0 spiro atoms. The summed E-state index contributed by atoms with van der Waals surface area (Å²) in [6.45, 7) is 5.59. The number of nitrogens with one attached hydrogen (secondary N) is 1. The fraction of sp³-hybridized carbons (Fsp3) is 0.333. The number of anilines is 2. The summed E-state index contributed by atoms with van der Waals surface area (Å²) in [7, 11) is 0. The average Bonchev–Trinajstić information content (AvgIpc) is 3.14. The number of rotatable bonds is 7. The molecule has 2 amide bonds. The fourth-order valence-electron chi connectivity index (χ4n) is 3.67. The number of ether oxygens (including phenoxy) is 2. The van der Waals surface area contributed by atoms with Crippen LogP contribution in [0.1, 0.15) is 34.8 Å². The number of benzene rings is 2. The third-order valence-electron chi connectivity index (χ3n) is 5.19. The predicted molar refractivity (Wildman–Crippen MR) is 118 cm³/mol. The number of nitrogens with zero attached hydrogens (tertiary/aromatic N) is 1. The lowest BCUT2D eigenvalue weighted by atomic mass is 10.1. The van der Waals surface area contributed by atoms with Crippen molar-refractivity contribution in [2.75, 3.05) is 30.0 Å². The van der Waals surface area contributed by atoms with Crippen molar-refractivity contribution in [1.29, 1.82) is 0 Å². The Balaban J connectivity index is 1.52. The lowest BCUT2D eigenvalue weighted by Crippen LogP contribution is -2.29. The van der Waals surface area contributed by atoms with Gasteiger partial charge in [-0.3, -0.25) is 14.4 Å². The second-order valence-corrected chi connectivity index (χ2v) is 7.60. The summed E-state index contributed by atoms with van der Waals surface area (Å²) in [4.78, 5) is 50.3. The van der Waals surface area contributed by atoms with E-state index in [4.69, 9.17) is 9.47 Å². The minimum Gasteiger partial charge on any atom is -0.462 e. The molecule has 8 nitrogen and oxygen atoms in total. The minimum absolute atomic E-state index is 0.0452. The Labute approximate surface area is 186 Å². The highest BCUT2D eigenvalue weighted by Crippen LogP contribution is 2.31. The molecule has 1 saturated heterocycles. The van der Waals surface area contributed by atoms with Gasteiger partial charge in [0.15, 0.2) is 6.61 Å². The summed E-state index contributed by atoms with van der Waals surface area (Å²) in [6.07, 6.45) is 0.0452. The van der Waals surface area contributed by atoms with E-state index in [1.807, 2.05) is 32.0 Å². The molecular formula is C24H26N2O6. The van der Waals surface area contributed by atoms with E-state index in [-0.39, 0.29) is 25.5 Å². The highest BCUT2D eigenvalue weighted by Gasteiger charge is 2.37. The molecule has 168 valence electrons. The third kappa shape index (κ3) is 5.32. The summed E-state index contributed by atoms with van der Waals surface area (Å²) < 4.78 is 10.1. The number of hydrogen-bond acceptors (Lipinski definition) is 6. The zero-order valence-corrected chi connectivity index (χ0v) is 18.3. The first-order valence-electron chi connectivity index (χ1n) is 10.4. The molecule has 2 aromatic rings. The molecule has 1 aliphatic heterocycles. The molecular weight excluding hydrogens is 412 g/mol. The molecule has 0 unspecified atom stereocenters. The highest BCUT2D eigenvalue weighted by atomic mass is 16.5. The zero-order valence-electron chi connectivity index (χ0n) is 18.3. The maximum absolute atomic E-state index is 12.5. The van der Waals surface area contributed by atoms with Crippen molar-refractivity contribution in [3.8, 4) is 0 Å². The first-order valence-corrected chi connectivity index (χ1v) is 10.4. The Morgan fingerprint density at radius 1 is 1.03 bits per heavy atom. The SMILES string of the molecule is CCOC(=O)c1ccc(NC(=O)COC(=O)[C@H]2CC(=O)N(c3c(C)cccc3C)C2)cc1. The normalized spacial score (nSPS) is 15.4. The molecule has 2 aromatic carbocycles. The van der Waals surface area contributed by atoms with E-state index in [1.54, 1.807) is 24.0 Å². The van der Waals surface area contributed by atoms with Gasteiger partial charge in [-0.05, 0) is 56.2 Å². The molecule has 0 bridgehead atoms. The summed E-state index contributed by atoms with van der Waals surface area (Å²) in [5.74, 6) is -2.31. The number of hydrogen-bond donors (Lipinski definition) is 1. The molecule has 1 atom stereocenters. The van der Waals surface area contributed by atoms with E-state index in [0.29, 0.717) is 11.3 Å². The number of amides is 2. The van der Waals surface area contributed by atoms with Crippen LogP contribution in [0.5, 0.6) is 0 Å². The van der Waals surface area contributed by atoms with Crippen LogP contribution in [0, 0.1) is 19.8 Å². The second-order valence-electron chi connectivity index (χ2n) is 7.60. The zero-order chi connectivity index (χ0) is 23.3. The molecule has 1 fully saturated rings. The van der Waals surface area contributed by atoms with Gasteiger partial charge in [0.25, 0.3) is 5.91 Å². The lowest BCUT2D eigenvalue weighted by molar-refractivity contribution is -0.151. The van der Waals surface area contributed by atoms with Gasteiger partial charge < -0.3 is 19.7 Å². The van der Waals surface area contributed by atoms with Crippen molar-refractivity contribution in [1.82, 2.24) is 0 Å². The number of carbonyl (C=O) groups excluding carboxylic acids is 4. The Hall–Kier alpha value is -3.68. The van der Waals surface area contributed by atoms with E-state index < -0.39 is 30.4 Å². The summed E-state index contributed by atoms with van der Waals surface area (Å²) in [5, 5.41) is 2.60. The van der Waals surface area contributed by atoms with Gasteiger partial charge in [0.2, 0.25) is 5.91 Å². The largest absolute Gasteiger partial charge is 0.462 e. The maximum Gasteiger partial charge on any atom is 0.338 e. The first-order chi connectivity index (χ1) is 15.3. The van der Waals surface area contributed by atoms with Gasteiger partial charge in [-0.1, -0.05) is 18.2 Å². The number of esters is 2. The van der Waals surface area contributed by atoms with Crippen LogP contribution < -0.4 is 10.2 Å². The van der Waals surface area contributed by atoms with Gasteiger partial charge in [-0.2, -0.15) is 0 Å². The van der Waals surface area contributed by atoms with Crippen molar-refractivity contribution in [2.24, 2.45) is 5.92 Å². The first kappa shape index (κ1) is 23.0. The van der Waals surface area contributed by atoms with Crippen molar-refractivity contribution in [3.63, 3.8) is 0 Å². The Kier molecular flexibility index (Phi) is 7.25. The van der Waals surface area contributed by atoms with Crippen LogP contribution in [0.15, 0.2) is 42.5 Å². The standard InChI is InChI=1S/C24H26N2O6/c1-4-31-23(29)17-8-10-19(11-9-17)25-20(27)14-32-24(30)18-12-21(28)26(13-18)22-15(2)6-5-7-16(22)3/h5-11,18H,4,12-14H2,1-3H3,(H,25,27)/t18-/m0/s1. The minimum atomic E-state index is -0.627. The lowest BCUT2D eigenvalue weighted by Gasteiger charge is -2.21. The third-order valence-corrected chi connectivity index (χ3v) is 5.19. The van der Waals surface area contributed by atoms with Gasteiger partial charge in [0.05, 0.1) is 18.1 Å². The predicted octanol–water partition coefficient (Wildman–Crippen LogP) is 3.01. The molecule has 32 heavy (non-hydrogen) atoms. The van der Waals surface area contributed by atoms with Crippen LogP contribution in [0.2, 0.25) is 0 Å². The summed E-state index contributed by atoms with van der Waals surface area (Å²) in [5.41, 5.74) is 3.56. The van der Waals surface area contributed by atoms with Crippen LogP contribution in [0.4, 0.5) is 11.4 Å². The monoisotopic (exact) mass is 438 g/mol. The van der Waals surface area contributed by atoms with E-state index in [9.17, 15) is 19.2 Å². The number of para-hydroxylation sites is 1. The van der Waals surface area contributed by atoms with Crippen LogP contribution in [0.25, 0.3) is 0 Å². The van der Waals surface area contributed by atoms with Crippen LogP contribution in [-0.4, -0.2) is 43.5 Å². The Morgan fingerprint density at radius 3 is 2.31 bits per heavy atom. The fourth-order valence-corrected chi connectivity index (χ4v) is 3.67. The number of aryl methyl sites for hydroxylation is 2. The second kappa shape index (κ2) is 10.1. The van der Waals surface area contributed by atoms with Crippen molar-refractivity contribution >= 4 is 35.1 Å². The van der Waals surface area contributed by atoms with Crippen molar-refractivity contribution in [2.45, 2.75) is 27.2 Å². The van der Waals surface area contributed by atoms with Gasteiger partial charge in [-0.15, -0.1) is 0 Å². The molecule has 1 aliphatic rings.